The van der Waals surface area contributed by atoms with Crippen LogP contribution in [0, 0.1) is 5.92 Å². The average molecular weight is 298 g/mol. The smallest absolute Gasteiger partial charge is 0.507 e. The molecular formula is C14H13F3N2O2. The van der Waals surface area contributed by atoms with Gasteiger partial charge in [0.1, 0.15) is 11.5 Å². The molecule has 0 bridgehead atoms. The van der Waals surface area contributed by atoms with E-state index < -0.39 is 12.1 Å². The standard InChI is InChI=1S/C14H13F3N2O2/c15-14(16,17)21-11-3-4-12(13(20)5-11)10-6-18-19(8-10)7-9-1-2-9/h3-6,8-9,20H,1-2,7H2. The van der Waals surface area contributed by atoms with Crippen LogP contribution in [0.5, 0.6) is 11.5 Å². The summed E-state index contributed by atoms with van der Waals surface area (Å²) in [5, 5.41) is 14.1. The minimum atomic E-state index is -4.77. The lowest BCUT2D eigenvalue weighted by Crippen LogP contribution is -2.16. The number of aromatic hydroxyl groups is 1. The van der Waals surface area contributed by atoms with Crippen LogP contribution in [0.2, 0.25) is 0 Å². The van der Waals surface area contributed by atoms with E-state index in [1.54, 1.807) is 17.1 Å². The molecule has 7 heteroatoms. The number of alkyl halides is 3. The number of ether oxygens (including phenoxy) is 1. The van der Waals surface area contributed by atoms with Crippen molar-refractivity contribution in [1.29, 1.82) is 0 Å². The third-order valence-corrected chi connectivity index (χ3v) is 3.29. The number of hydrogen-bond donors (Lipinski definition) is 1. The number of aromatic nitrogens is 2. The van der Waals surface area contributed by atoms with Crippen molar-refractivity contribution < 1.29 is 23.0 Å². The van der Waals surface area contributed by atoms with Crippen molar-refractivity contribution >= 4 is 0 Å². The van der Waals surface area contributed by atoms with E-state index >= 15 is 0 Å². The molecule has 1 fully saturated rings. The SMILES string of the molecule is Oc1cc(OC(F)(F)F)ccc1-c1cnn(CC2CC2)c1. The molecule has 1 aromatic carbocycles. The number of hydrogen-bond acceptors (Lipinski definition) is 3. The first-order valence-corrected chi connectivity index (χ1v) is 6.52. The third-order valence-electron chi connectivity index (χ3n) is 3.29. The van der Waals surface area contributed by atoms with E-state index in [0.29, 0.717) is 17.0 Å². The van der Waals surface area contributed by atoms with Gasteiger partial charge in [-0.3, -0.25) is 4.68 Å². The van der Waals surface area contributed by atoms with Gasteiger partial charge in [-0.15, -0.1) is 13.2 Å². The number of phenolic OH excluding ortho intramolecular Hbond substituents is 1. The molecular weight excluding hydrogens is 285 g/mol. The van der Waals surface area contributed by atoms with Gasteiger partial charge in [-0.2, -0.15) is 5.10 Å². The van der Waals surface area contributed by atoms with E-state index in [-0.39, 0.29) is 5.75 Å². The second-order valence-electron chi connectivity index (χ2n) is 5.12. The molecule has 112 valence electrons. The Hall–Kier alpha value is -2.18. The predicted molar refractivity (Wildman–Crippen MR) is 68.7 cm³/mol. The second kappa shape index (κ2) is 4.98. The van der Waals surface area contributed by atoms with Crippen LogP contribution in [0.1, 0.15) is 12.8 Å². The van der Waals surface area contributed by atoms with Crippen LogP contribution in [-0.4, -0.2) is 21.2 Å². The van der Waals surface area contributed by atoms with Crippen LogP contribution in [0.25, 0.3) is 11.1 Å². The predicted octanol–water partition coefficient (Wildman–Crippen LogP) is 3.56. The largest absolute Gasteiger partial charge is 0.573 e. The summed E-state index contributed by atoms with van der Waals surface area (Å²) < 4.78 is 41.9. The topological polar surface area (TPSA) is 47.3 Å². The minimum Gasteiger partial charge on any atom is -0.507 e. The molecule has 0 aliphatic heterocycles. The summed E-state index contributed by atoms with van der Waals surface area (Å²) in [5.41, 5.74) is 1.08. The summed E-state index contributed by atoms with van der Waals surface area (Å²) in [7, 11) is 0. The molecule has 0 spiro atoms. The summed E-state index contributed by atoms with van der Waals surface area (Å²) >= 11 is 0. The highest BCUT2D eigenvalue weighted by molar-refractivity contribution is 5.69. The molecule has 1 N–H and O–H groups in total. The van der Waals surface area contributed by atoms with Crippen LogP contribution in [0.15, 0.2) is 30.6 Å². The molecule has 21 heavy (non-hydrogen) atoms. The van der Waals surface area contributed by atoms with Gasteiger partial charge in [0.2, 0.25) is 0 Å². The number of halogens is 3. The fourth-order valence-electron chi connectivity index (χ4n) is 2.12. The summed E-state index contributed by atoms with van der Waals surface area (Å²) in [6.45, 7) is 0.829. The number of nitrogens with zero attached hydrogens (tertiary/aromatic N) is 2. The third kappa shape index (κ3) is 3.48. The molecule has 1 saturated carbocycles. The summed E-state index contributed by atoms with van der Waals surface area (Å²) in [6, 6.07) is 3.50. The molecule has 1 aliphatic rings. The Labute approximate surface area is 118 Å². The minimum absolute atomic E-state index is 0.275. The van der Waals surface area contributed by atoms with Gasteiger partial charge < -0.3 is 9.84 Å². The van der Waals surface area contributed by atoms with Crippen molar-refractivity contribution in [1.82, 2.24) is 9.78 Å². The highest BCUT2D eigenvalue weighted by atomic mass is 19.4. The molecule has 4 nitrogen and oxygen atoms in total. The highest BCUT2D eigenvalue weighted by Gasteiger charge is 2.31. The number of phenols is 1. The first-order chi connectivity index (χ1) is 9.90. The van der Waals surface area contributed by atoms with Crippen LogP contribution in [-0.2, 0) is 6.54 Å². The van der Waals surface area contributed by atoms with Crippen LogP contribution in [0.3, 0.4) is 0 Å². The van der Waals surface area contributed by atoms with E-state index in [9.17, 15) is 18.3 Å². The quantitative estimate of drug-likeness (QED) is 0.938. The van der Waals surface area contributed by atoms with Crippen LogP contribution < -0.4 is 4.74 Å². The first-order valence-electron chi connectivity index (χ1n) is 6.52. The Kier molecular flexibility index (Phi) is 3.27. The van der Waals surface area contributed by atoms with Gasteiger partial charge in [-0.1, -0.05) is 0 Å². The van der Waals surface area contributed by atoms with Crippen molar-refractivity contribution in [2.24, 2.45) is 5.92 Å². The Bertz CT molecular complexity index is 648. The second-order valence-corrected chi connectivity index (χ2v) is 5.12. The van der Waals surface area contributed by atoms with E-state index in [0.717, 1.165) is 12.6 Å². The van der Waals surface area contributed by atoms with Crippen LogP contribution >= 0.6 is 0 Å². The molecule has 1 heterocycles. The van der Waals surface area contributed by atoms with Gasteiger partial charge >= 0.3 is 6.36 Å². The lowest BCUT2D eigenvalue weighted by molar-refractivity contribution is -0.274. The molecule has 1 aromatic heterocycles. The van der Waals surface area contributed by atoms with E-state index in [1.807, 2.05) is 0 Å². The lowest BCUT2D eigenvalue weighted by atomic mass is 10.1. The van der Waals surface area contributed by atoms with Gasteiger partial charge in [0.05, 0.1) is 6.20 Å². The van der Waals surface area contributed by atoms with Crippen LogP contribution in [0.4, 0.5) is 13.2 Å². The Morgan fingerprint density at radius 3 is 2.71 bits per heavy atom. The maximum Gasteiger partial charge on any atom is 0.573 e. The number of rotatable bonds is 4. The molecule has 0 amide bonds. The van der Waals surface area contributed by atoms with Gasteiger partial charge in [-0.25, -0.2) is 0 Å². The molecule has 0 radical (unpaired) electrons. The van der Waals surface area contributed by atoms with Crippen molar-refractivity contribution in [3.05, 3.63) is 30.6 Å². The summed E-state index contributed by atoms with van der Waals surface area (Å²) in [4.78, 5) is 0. The monoisotopic (exact) mass is 298 g/mol. The van der Waals surface area contributed by atoms with Crippen molar-refractivity contribution in [3.8, 4) is 22.6 Å². The maximum absolute atomic E-state index is 12.1. The normalized spacial score (nSPS) is 15.2. The average Bonchev–Trinajstić information content (AvgIpc) is 3.05. The van der Waals surface area contributed by atoms with Gasteiger partial charge in [-0.05, 0) is 30.9 Å². The Morgan fingerprint density at radius 1 is 1.33 bits per heavy atom. The van der Waals surface area contributed by atoms with Crippen molar-refractivity contribution in [2.45, 2.75) is 25.7 Å². The van der Waals surface area contributed by atoms with E-state index in [4.69, 9.17) is 0 Å². The van der Waals surface area contributed by atoms with Crippen molar-refractivity contribution in [2.75, 3.05) is 0 Å². The molecule has 3 rings (SSSR count). The van der Waals surface area contributed by atoms with Gasteiger partial charge in [0, 0.05) is 29.9 Å². The molecule has 0 saturated heterocycles. The summed E-state index contributed by atoms with van der Waals surface area (Å²) in [5.74, 6) is -0.0641. The zero-order chi connectivity index (χ0) is 15.0. The molecule has 2 aromatic rings. The number of benzene rings is 1. The Morgan fingerprint density at radius 2 is 2.10 bits per heavy atom. The lowest BCUT2D eigenvalue weighted by Gasteiger charge is -2.10. The zero-order valence-electron chi connectivity index (χ0n) is 11.0. The van der Waals surface area contributed by atoms with E-state index in [2.05, 4.69) is 9.84 Å². The fraction of sp³-hybridized carbons (Fsp3) is 0.357. The summed E-state index contributed by atoms with van der Waals surface area (Å²) in [6.07, 6.45) is 0.982. The first kappa shape index (κ1) is 13.8. The molecule has 0 atom stereocenters. The highest BCUT2D eigenvalue weighted by Crippen LogP contribution is 2.35. The Balaban J connectivity index is 1.79. The van der Waals surface area contributed by atoms with Crippen molar-refractivity contribution in [3.63, 3.8) is 0 Å². The fourth-order valence-corrected chi connectivity index (χ4v) is 2.12. The molecule has 1 aliphatic carbocycles. The van der Waals surface area contributed by atoms with Gasteiger partial charge in [0.25, 0.3) is 0 Å². The van der Waals surface area contributed by atoms with Gasteiger partial charge in [0.15, 0.2) is 0 Å². The zero-order valence-corrected chi connectivity index (χ0v) is 11.0. The van der Waals surface area contributed by atoms with E-state index in [1.165, 1.54) is 25.0 Å². The maximum atomic E-state index is 12.1. The molecule has 0 unspecified atom stereocenters.